The van der Waals surface area contributed by atoms with E-state index in [-0.39, 0.29) is 0 Å². The highest BCUT2D eigenvalue weighted by Crippen LogP contribution is 1.80. The molecule has 4 nitrogen and oxygen atoms in total. The number of ether oxygens (including phenoxy) is 2. The van der Waals surface area contributed by atoms with Gasteiger partial charge in [0.25, 0.3) is 0 Å². The van der Waals surface area contributed by atoms with Crippen LogP contribution in [-0.2, 0) is 9.47 Å². The van der Waals surface area contributed by atoms with Gasteiger partial charge >= 0.3 is 0 Å². The van der Waals surface area contributed by atoms with Crippen molar-refractivity contribution in [3.05, 3.63) is 0 Å². The number of nitrogens with two attached hydrogens (primary N) is 1. The van der Waals surface area contributed by atoms with Gasteiger partial charge in [0.2, 0.25) is 0 Å². The smallest absolute Gasteiger partial charge is 0.0607 e. The molecule has 0 amide bonds. The summed E-state index contributed by atoms with van der Waals surface area (Å²) in [5.41, 5.74) is 0. The predicted molar refractivity (Wildman–Crippen MR) is 44.1 cm³/mol. The minimum atomic E-state index is 0.669. The van der Waals surface area contributed by atoms with Crippen LogP contribution < -0.4 is 5.84 Å². The average molecular weight is 162 g/mol. The number of hydrogen-bond donors (Lipinski definition) is 1. The lowest BCUT2D eigenvalue weighted by atomic mass is 10.6. The Hall–Kier alpha value is -0.160. The number of hydrazine groups is 1. The molecule has 0 saturated carbocycles. The Kier molecular flexibility index (Phi) is 7.83. The number of nitrogens with zero attached hydrogens (tertiary/aromatic N) is 1. The van der Waals surface area contributed by atoms with Gasteiger partial charge in [-0.1, -0.05) is 0 Å². The largest absolute Gasteiger partial charge is 0.383 e. The van der Waals surface area contributed by atoms with E-state index < -0.39 is 0 Å². The first-order valence-electron chi connectivity index (χ1n) is 3.87. The van der Waals surface area contributed by atoms with Crippen molar-refractivity contribution in [2.45, 2.75) is 6.92 Å². The van der Waals surface area contributed by atoms with Crippen LogP contribution in [0.15, 0.2) is 0 Å². The van der Waals surface area contributed by atoms with Crippen molar-refractivity contribution < 1.29 is 9.47 Å². The summed E-state index contributed by atoms with van der Waals surface area (Å²) < 4.78 is 9.98. The molecule has 0 aliphatic rings. The van der Waals surface area contributed by atoms with E-state index in [1.165, 1.54) is 0 Å². The van der Waals surface area contributed by atoms with Gasteiger partial charge in [0.15, 0.2) is 0 Å². The first-order valence-corrected chi connectivity index (χ1v) is 3.87. The Balaban J connectivity index is 3.02. The highest BCUT2D eigenvalue weighted by Gasteiger charge is 1.96. The summed E-state index contributed by atoms with van der Waals surface area (Å²) in [5, 5.41) is 1.69. The zero-order valence-corrected chi connectivity index (χ0v) is 7.38. The third-order valence-electron chi connectivity index (χ3n) is 1.31. The van der Waals surface area contributed by atoms with Crippen molar-refractivity contribution >= 4 is 0 Å². The molecule has 11 heavy (non-hydrogen) atoms. The van der Waals surface area contributed by atoms with Crippen molar-refractivity contribution in [1.82, 2.24) is 5.01 Å². The van der Waals surface area contributed by atoms with Gasteiger partial charge in [-0.2, -0.15) is 0 Å². The molecular formula is C7H18N2O2. The molecule has 0 unspecified atom stereocenters. The zero-order valence-electron chi connectivity index (χ0n) is 7.38. The van der Waals surface area contributed by atoms with Crippen LogP contribution in [-0.4, -0.2) is 45.0 Å². The van der Waals surface area contributed by atoms with Crippen LogP contribution in [0.1, 0.15) is 6.92 Å². The summed E-state index contributed by atoms with van der Waals surface area (Å²) >= 11 is 0. The van der Waals surface area contributed by atoms with Gasteiger partial charge in [-0.25, -0.2) is 5.01 Å². The highest BCUT2D eigenvalue weighted by atomic mass is 16.5. The Morgan fingerprint density at radius 3 is 2.45 bits per heavy atom. The first kappa shape index (κ1) is 10.8. The summed E-state index contributed by atoms with van der Waals surface area (Å²) in [4.78, 5) is 0. The normalized spacial score (nSPS) is 10.9. The lowest BCUT2D eigenvalue weighted by molar-refractivity contribution is 0.0951. The van der Waals surface area contributed by atoms with E-state index in [1.54, 1.807) is 12.1 Å². The van der Waals surface area contributed by atoms with Crippen LogP contribution in [0.5, 0.6) is 0 Å². The molecule has 2 N–H and O–H groups in total. The Bertz CT molecular complexity index is 80.8. The van der Waals surface area contributed by atoms with Gasteiger partial charge in [-0.15, -0.1) is 0 Å². The minimum Gasteiger partial charge on any atom is -0.383 e. The Labute approximate surface area is 68.2 Å². The molecular weight excluding hydrogens is 144 g/mol. The molecule has 0 spiro atoms. The molecule has 68 valence electrons. The SMILES string of the molecule is CCOCCN(N)CCOC. The molecule has 0 fully saturated rings. The average Bonchev–Trinajstić information content (AvgIpc) is 2.01. The van der Waals surface area contributed by atoms with Crippen LogP contribution >= 0.6 is 0 Å². The van der Waals surface area contributed by atoms with Crippen molar-refractivity contribution in [2.24, 2.45) is 5.84 Å². The Morgan fingerprint density at radius 1 is 1.27 bits per heavy atom. The van der Waals surface area contributed by atoms with Gasteiger partial charge in [0.1, 0.15) is 0 Å². The van der Waals surface area contributed by atoms with Crippen molar-refractivity contribution in [1.29, 1.82) is 0 Å². The second kappa shape index (κ2) is 7.94. The van der Waals surface area contributed by atoms with Crippen molar-refractivity contribution in [3.8, 4) is 0 Å². The molecule has 4 heteroatoms. The van der Waals surface area contributed by atoms with Gasteiger partial charge < -0.3 is 9.47 Å². The number of hydrogen-bond acceptors (Lipinski definition) is 4. The highest BCUT2D eigenvalue weighted by molar-refractivity contribution is 4.45. The minimum absolute atomic E-state index is 0.669. The summed E-state index contributed by atoms with van der Waals surface area (Å²) in [5.74, 6) is 5.57. The van der Waals surface area contributed by atoms with Gasteiger partial charge in [0.05, 0.1) is 13.2 Å². The molecule has 0 saturated heterocycles. The summed E-state index contributed by atoms with van der Waals surface area (Å²) in [7, 11) is 1.66. The quantitative estimate of drug-likeness (QED) is 0.321. The van der Waals surface area contributed by atoms with Crippen LogP contribution in [0.4, 0.5) is 0 Å². The van der Waals surface area contributed by atoms with E-state index in [0.29, 0.717) is 13.2 Å². The molecule has 0 aromatic carbocycles. The maximum absolute atomic E-state index is 5.57. The topological polar surface area (TPSA) is 47.7 Å². The third-order valence-corrected chi connectivity index (χ3v) is 1.31. The molecule has 0 aromatic heterocycles. The molecule has 0 aliphatic heterocycles. The van der Waals surface area contributed by atoms with E-state index in [0.717, 1.165) is 19.7 Å². The summed E-state index contributed by atoms with van der Waals surface area (Å²) in [6.07, 6.45) is 0. The fourth-order valence-electron chi connectivity index (χ4n) is 0.646. The summed E-state index contributed by atoms with van der Waals surface area (Å²) in [6, 6.07) is 0. The van der Waals surface area contributed by atoms with E-state index in [1.807, 2.05) is 6.92 Å². The van der Waals surface area contributed by atoms with E-state index in [2.05, 4.69) is 0 Å². The molecule has 0 heterocycles. The second-order valence-corrected chi connectivity index (χ2v) is 2.23. The number of rotatable bonds is 7. The predicted octanol–water partition coefficient (Wildman–Crippen LogP) is -0.155. The Morgan fingerprint density at radius 2 is 1.91 bits per heavy atom. The molecule has 0 bridgehead atoms. The van der Waals surface area contributed by atoms with Crippen LogP contribution in [0.2, 0.25) is 0 Å². The van der Waals surface area contributed by atoms with E-state index >= 15 is 0 Å². The molecule has 0 rings (SSSR count). The van der Waals surface area contributed by atoms with Crippen molar-refractivity contribution in [2.75, 3.05) is 40.0 Å². The fraction of sp³-hybridized carbons (Fsp3) is 1.00. The van der Waals surface area contributed by atoms with E-state index in [9.17, 15) is 0 Å². The maximum Gasteiger partial charge on any atom is 0.0607 e. The van der Waals surface area contributed by atoms with Gasteiger partial charge in [0, 0.05) is 26.8 Å². The standard InChI is InChI=1S/C7H18N2O2/c1-3-11-7-5-9(8)4-6-10-2/h3-8H2,1-2H3. The lowest BCUT2D eigenvalue weighted by Gasteiger charge is -2.14. The molecule has 0 atom stereocenters. The first-order chi connectivity index (χ1) is 5.31. The maximum atomic E-state index is 5.57. The number of methoxy groups -OCH3 is 1. The second-order valence-electron chi connectivity index (χ2n) is 2.23. The summed E-state index contributed by atoms with van der Waals surface area (Å²) in [6.45, 7) is 5.59. The van der Waals surface area contributed by atoms with Crippen LogP contribution in [0.25, 0.3) is 0 Å². The lowest BCUT2D eigenvalue weighted by Crippen LogP contribution is -2.36. The molecule has 0 radical (unpaired) electrons. The third kappa shape index (κ3) is 7.74. The monoisotopic (exact) mass is 162 g/mol. The van der Waals surface area contributed by atoms with Crippen molar-refractivity contribution in [3.63, 3.8) is 0 Å². The van der Waals surface area contributed by atoms with Gasteiger partial charge in [-0.05, 0) is 6.92 Å². The zero-order chi connectivity index (χ0) is 8.53. The van der Waals surface area contributed by atoms with Gasteiger partial charge in [-0.3, -0.25) is 5.84 Å². The fourth-order valence-corrected chi connectivity index (χ4v) is 0.646. The molecule has 0 aromatic rings. The van der Waals surface area contributed by atoms with Crippen LogP contribution in [0, 0.1) is 0 Å². The molecule has 0 aliphatic carbocycles. The van der Waals surface area contributed by atoms with Crippen LogP contribution in [0.3, 0.4) is 0 Å². The van der Waals surface area contributed by atoms with E-state index in [4.69, 9.17) is 15.3 Å².